The minimum absolute atomic E-state index is 0.331. The highest BCUT2D eigenvalue weighted by molar-refractivity contribution is 7.90. The van der Waals surface area contributed by atoms with Crippen LogP contribution in [0, 0.1) is 22.7 Å². The first-order chi connectivity index (χ1) is 16.7. The summed E-state index contributed by atoms with van der Waals surface area (Å²) in [6, 6.07) is 14.4. The van der Waals surface area contributed by atoms with Crippen LogP contribution in [0.1, 0.15) is 37.3 Å². The fourth-order valence-electron chi connectivity index (χ4n) is 5.91. The van der Waals surface area contributed by atoms with Gasteiger partial charge in [-0.05, 0) is 66.5 Å². The lowest BCUT2D eigenvalue weighted by Crippen LogP contribution is -2.62. The third kappa shape index (κ3) is 4.93. The van der Waals surface area contributed by atoms with Crippen molar-refractivity contribution < 1.29 is 13.2 Å². The summed E-state index contributed by atoms with van der Waals surface area (Å²) in [6.45, 7) is 5.53. The van der Waals surface area contributed by atoms with Crippen LogP contribution >= 0.6 is 11.6 Å². The van der Waals surface area contributed by atoms with Crippen molar-refractivity contribution in [2.75, 3.05) is 31.7 Å². The zero-order valence-corrected chi connectivity index (χ0v) is 21.7. The molecular weight excluding hydrogens is 482 g/mol. The van der Waals surface area contributed by atoms with E-state index in [9.17, 15) is 13.7 Å². The Morgan fingerprint density at radius 1 is 1.20 bits per heavy atom. The standard InChI is InChI=1S/C27H30ClN3O3S/c1-3-8-34-26-22(14-29)10-23(11-24(26)28)31-7-6-21-9-19(4-5-25(21)31)15-30-17-27(18-30)12-20(13-27)16-35(2,32)33/h4-7,9-11,20H,3,8,12-13,15-18H2,1-2H3. The van der Waals surface area contributed by atoms with Gasteiger partial charge in [0.15, 0.2) is 5.75 Å². The Labute approximate surface area is 212 Å². The number of nitrogens with zero attached hydrogens (tertiary/aromatic N) is 3. The minimum Gasteiger partial charge on any atom is -0.491 e. The van der Waals surface area contributed by atoms with Gasteiger partial charge in [0.05, 0.1) is 28.5 Å². The van der Waals surface area contributed by atoms with Gasteiger partial charge in [-0.15, -0.1) is 0 Å². The van der Waals surface area contributed by atoms with Gasteiger partial charge in [-0.1, -0.05) is 24.6 Å². The van der Waals surface area contributed by atoms with Crippen LogP contribution in [0.3, 0.4) is 0 Å². The lowest BCUT2D eigenvalue weighted by Gasteiger charge is -2.59. The molecule has 184 valence electrons. The molecule has 6 nitrogen and oxygen atoms in total. The number of fused-ring (bicyclic) bond motifs is 1. The van der Waals surface area contributed by atoms with Gasteiger partial charge in [-0.25, -0.2) is 8.42 Å². The van der Waals surface area contributed by atoms with E-state index in [2.05, 4.69) is 35.2 Å². The van der Waals surface area contributed by atoms with Crippen molar-refractivity contribution >= 4 is 32.3 Å². The Morgan fingerprint density at radius 3 is 2.66 bits per heavy atom. The number of ether oxygens (including phenoxy) is 1. The smallest absolute Gasteiger partial charge is 0.155 e. The van der Waals surface area contributed by atoms with Crippen molar-refractivity contribution in [3.05, 3.63) is 58.7 Å². The molecule has 1 saturated heterocycles. The SMILES string of the molecule is CCCOc1c(Cl)cc(-n2ccc3cc(CN4CC5(CC(CS(C)(=O)=O)C5)C4)ccc32)cc1C#N. The number of hydrogen-bond acceptors (Lipinski definition) is 5. The van der Waals surface area contributed by atoms with Crippen molar-refractivity contribution in [3.8, 4) is 17.5 Å². The van der Waals surface area contributed by atoms with E-state index < -0.39 is 9.84 Å². The highest BCUT2D eigenvalue weighted by Gasteiger charge is 2.52. The van der Waals surface area contributed by atoms with E-state index in [4.69, 9.17) is 16.3 Å². The average molecular weight is 512 g/mol. The molecule has 2 fully saturated rings. The molecule has 1 aromatic heterocycles. The normalized spacial score (nSPS) is 17.8. The second-order valence-corrected chi connectivity index (χ2v) is 12.9. The average Bonchev–Trinajstić information content (AvgIpc) is 3.17. The van der Waals surface area contributed by atoms with Crippen LogP contribution < -0.4 is 4.74 Å². The summed E-state index contributed by atoms with van der Waals surface area (Å²) in [4.78, 5) is 2.45. The van der Waals surface area contributed by atoms with Gasteiger partial charge in [0.1, 0.15) is 15.9 Å². The number of benzene rings is 2. The lowest BCUT2D eigenvalue weighted by molar-refractivity contribution is -0.0922. The molecule has 2 aliphatic rings. The van der Waals surface area contributed by atoms with Gasteiger partial charge in [-0.2, -0.15) is 5.26 Å². The molecule has 2 heterocycles. The Kier molecular flexibility index (Phi) is 6.33. The zero-order valence-electron chi connectivity index (χ0n) is 20.1. The highest BCUT2D eigenvalue weighted by Crippen LogP contribution is 2.52. The summed E-state index contributed by atoms with van der Waals surface area (Å²) >= 11 is 6.48. The molecule has 0 amide bonds. The first-order valence-corrected chi connectivity index (χ1v) is 14.5. The molecule has 1 aliphatic heterocycles. The number of hydrogen-bond donors (Lipinski definition) is 0. The number of halogens is 1. The summed E-state index contributed by atoms with van der Waals surface area (Å²) in [5.74, 6) is 1.11. The Morgan fingerprint density at radius 2 is 1.97 bits per heavy atom. The van der Waals surface area contributed by atoms with Gasteiger partial charge in [-0.3, -0.25) is 4.90 Å². The van der Waals surface area contributed by atoms with Crippen molar-refractivity contribution in [1.82, 2.24) is 9.47 Å². The molecule has 3 aromatic rings. The molecule has 1 spiro atoms. The largest absolute Gasteiger partial charge is 0.491 e. The van der Waals surface area contributed by atoms with E-state index in [1.54, 1.807) is 0 Å². The number of aromatic nitrogens is 1. The monoisotopic (exact) mass is 511 g/mol. The molecule has 0 radical (unpaired) electrons. The topological polar surface area (TPSA) is 75.3 Å². The second-order valence-electron chi connectivity index (χ2n) is 10.4. The number of sulfone groups is 1. The number of likely N-dealkylation sites (tertiary alicyclic amines) is 1. The molecule has 0 bridgehead atoms. The van der Waals surface area contributed by atoms with Crippen LogP contribution in [0.2, 0.25) is 5.02 Å². The first kappa shape index (κ1) is 24.2. The minimum atomic E-state index is -2.88. The van der Waals surface area contributed by atoms with Gasteiger partial charge in [0, 0.05) is 43.2 Å². The maximum atomic E-state index is 11.5. The number of rotatable bonds is 8. The molecule has 1 saturated carbocycles. The van der Waals surface area contributed by atoms with Crippen molar-refractivity contribution in [2.24, 2.45) is 11.3 Å². The van der Waals surface area contributed by atoms with Gasteiger partial charge < -0.3 is 9.30 Å². The predicted molar refractivity (Wildman–Crippen MR) is 139 cm³/mol. The first-order valence-electron chi connectivity index (χ1n) is 12.1. The summed E-state index contributed by atoms with van der Waals surface area (Å²) in [5, 5.41) is 11.2. The zero-order chi connectivity index (χ0) is 24.8. The van der Waals surface area contributed by atoms with E-state index in [0.717, 1.165) is 55.5 Å². The third-order valence-corrected chi connectivity index (χ3v) is 8.50. The maximum Gasteiger partial charge on any atom is 0.155 e. The summed E-state index contributed by atoms with van der Waals surface area (Å²) in [6.07, 6.45) is 6.25. The fourth-order valence-corrected chi connectivity index (χ4v) is 7.27. The molecular formula is C27H30ClN3O3S. The van der Waals surface area contributed by atoms with E-state index in [-0.39, 0.29) is 0 Å². The molecule has 5 rings (SSSR count). The quantitative estimate of drug-likeness (QED) is 0.415. The number of nitriles is 1. The molecule has 8 heteroatoms. The van der Waals surface area contributed by atoms with E-state index >= 15 is 0 Å². The van der Waals surface area contributed by atoms with Crippen molar-refractivity contribution in [2.45, 2.75) is 32.7 Å². The Hall–Kier alpha value is -2.53. The fraction of sp³-hybridized carbons (Fsp3) is 0.444. The summed E-state index contributed by atoms with van der Waals surface area (Å²) in [5.41, 5.74) is 3.92. The Bertz CT molecular complexity index is 1410. The van der Waals surface area contributed by atoms with E-state index in [0.29, 0.717) is 40.0 Å². The molecule has 0 atom stereocenters. The third-order valence-electron chi connectivity index (χ3n) is 7.14. The van der Waals surface area contributed by atoms with E-state index in [1.807, 2.05) is 29.8 Å². The second kappa shape index (κ2) is 9.16. The maximum absolute atomic E-state index is 11.5. The van der Waals surface area contributed by atoms with Gasteiger partial charge in [0.2, 0.25) is 0 Å². The molecule has 0 unspecified atom stereocenters. The summed E-state index contributed by atoms with van der Waals surface area (Å²) in [7, 11) is -2.88. The highest BCUT2D eigenvalue weighted by atomic mass is 35.5. The van der Waals surface area contributed by atoms with Gasteiger partial charge in [0.25, 0.3) is 0 Å². The summed E-state index contributed by atoms with van der Waals surface area (Å²) < 4.78 is 30.8. The molecule has 0 N–H and O–H groups in total. The molecule has 2 aromatic carbocycles. The Balaban J connectivity index is 1.27. The van der Waals surface area contributed by atoms with Crippen LogP contribution in [-0.2, 0) is 16.4 Å². The van der Waals surface area contributed by atoms with Crippen molar-refractivity contribution in [1.29, 1.82) is 5.26 Å². The van der Waals surface area contributed by atoms with Crippen LogP contribution in [0.15, 0.2) is 42.6 Å². The van der Waals surface area contributed by atoms with Crippen molar-refractivity contribution in [3.63, 3.8) is 0 Å². The predicted octanol–water partition coefficient (Wildman–Crippen LogP) is 5.20. The molecule has 1 aliphatic carbocycles. The van der Waals surface area contributed by atoms with Crippen LogP contribution in [-0.4, -0.2) is 49.6 Å². The lowest BCUT2D eigenvalue weighted by atomic mass is 9.58. The van der Waals surface area contributed by atoms with Crippen LogP contribution in [0.4, 0.5) is 0 Å². The van der Waals surface area contributed by atoms with Crippen LogP contribution in [0.5, 0.6) is 5.75 Å². The van der Waals surface area contributed by atoms with Crippen LogP contribution in [0.25, 0.3) is 16.6 Å². The molecule has 35 heavy (non-hydrogen) atoms. The van der Waals surface area contributed by atoms with E-state index in [1.165, 1.54) is 11.8 Å². The van der Waals surface area contributed by atoms with Gasteiger partial charge >= 0.3 is 0 Å².